The predicted octanol–water partition coefficient (Wildman–Crippen LogP) is 7.18. The van der Waals surface area contributed by atoms with Crippen molar-refractivity contribution in [3.8, 4) is 5.75 Å². The third kappa shape index (κ3) is 5.08. The highest BCUT2D eigenvalue weighted by molar-refractivity contribution is 9.10. The van der Waals surface area contributed by atoms with E-state index in [9.17, 15) is 39.5 Å². The van der Waals surface area contributed by atoms with Gasteiger partial charge in [-0.25, -0.2) is 17.6 Å². The summed E-state index contributed by atoms with van der Waals surface area (Å²) in [5.74, 6) is -9.45. The maximum absolute atomic E-state index is 13.9. The smallest absolute Gasteiger partial charge is 0.429 e. The van der Waals surface area contributed by atoms with Gasteiger partial charge in [-0.2, -0.15) is 22.0 Å². The molecule has 0 radical (unpaired) electrons. The number of hydrogen-bond acceptors (Lipinski definition) is 1. The second kappa shape index (κ2) is 8.41. The Hall–Kier alpha value is -1.91. The van der Waals surface area contributed by atoms with Gasteiger partial charge in [0, 0.05) is 12.1 Å². The largest absolute Gasteiger partial charge is 0.429 e. The zero-order chi connectivity index (χ0) is 21.2. The molecule has 27 heavy (non-hydrogen) atoms. The normalized spacial score (nSPS) is 11.7. The quantitative estimate of drug-likeness (QED) is 0.342. The summed E-state index contributed by atoms with van der Waals surface area (Å²) < 4.78 is 122. The van der Waals surface area contributed by atoms with Crippen molar-refractivity contribution in [2.45, 2.75) is 26.1 Å². The van der Waals surface area contributed by atoms with Crippen LogP contribution in [0.2, 0.25) is 0 Å². The van der Waals surface area contributed by atoms with Crippen LogP contribution in [0.4, 0.5) is 39.5 Å². The van der Waals surface area contributed by atoms with Crippen LogP contribution in [0.3, 0.4) is 0 Å². The fourth-order valence-corrected chi connectivity index (χ4v) is 2.14. The lowest BCUT2D eigenvalue weighted by Gasteiger charge is -2.20. The molecule has 0 aliphatic heterocycles. The molecule has 0 N–H and O–H groups in total. The molecule has 2 aromatic carbocycles. The lowest BCUT2D eigenvalue weighted by Crippen LogP contribution is -2.24. The molecule has 0 saturated carbocycles. The lowest BCUT2D eigenvalue weighted by molar-refractivity contribution is -0.188. The van der Waals surface area contributed by atoms with Gasteiger partial charge in [0.1, 0.15) is 28.5 Å². The van der Waals surface area contributed by atoms with Crippen molar-refractivity contribution in [3.05, 3.63) is 63.1 Å². The monoisotopic (exact) mass is 468 g/mol. The highest BCUT2D eigenvalue weighted by Gasteiger charge is 2.41. The van der Waals surface area contributed by atoms with Crippen LogP contribution >= 0.6 is 15.9 Å². The number of ether oxygens (including phenoxy) is 1. The van der Waals surface area contributed by atoms with Gasteiger partial charge in [-0.1, -0.05) is 13.8 Å². The van der Waals surface area contributed by atoms with E-state index in [1.54, 1.807) is 0 Å². The fourth-order valence-electron chi connectivity index (χ4n) is 1.83. The molecule has 0 heterocycles. The Balaban J connectivity index is 0.00000176. The first-order chi connectivity index (χ1) is 12.3. The maximum Gasteiger partial charge on any atom is 0.429 e. The molecule has 0 saturated heterocycles. The Kier molecular flexibility index (Phi) is 7.20. The van der Waals surface area contributed by atoms with Crippen molar-refractivity contribution in [2.24, 2.45) is 0 Å². The van der Waals surface area contributed by atoms with E-state index in [0.717, 1.165) is 6.07 Å². The number of rotatable bonds is 3. The molecule has 2 rings (SSSR count). The molecule has 150 valence electrons. The zero-order valence-corrected chi connectivity index (χ0v) is 15.1. The Bertz CT molecular complexity index is 795. The molecule has 0 amide bonds. The SMILES string of the molecule is CC.Fc1cc(OC(F)(F)c2ccc(Br)c(F)c2F)cc(F)c1C(F)(F)F. The third-order valence-corrected chi connectivity index (χ3v) is 3.51. The Morgan fingerprint density at radius 3 is 1.74 bits per heavy atom. The van der Waals surface area contributed by atoms with E-state index in [-0.39, 0.29) is 12.1 Å². The molecule has 0 aliphatic carbocycles. The molecule has 0 aliphatic rings. The van der Waals surface area contributed by atoms with Gasteiger partial charge in [0.25, 0.3) is 0 Å². The van der Waals surface area contributed by atoms with Gasteiger partial charge in [-0.15, -0.1) is 0 Å². The Labute approximate surface area is 155 Å². The Morgan fingerprint density at radius 2 is 1.30 bits per heavy atom. The average Bonchev–Trinajstić information content (AvgIpc) is 2.51. The highest BCUT2D eigenvalue weighted by Crippen LogP contribution is 2.39. The summed E-state index contributed by atoms with van der Waals surface area (Å²) in [5.41, 5.74) is -3.92. The number of halogens is 10. The van der Waals surface area contributed by atoms with Gasteiger partial charge in [0.15, 0.2) is 11.6 Å². The summed E-state index contributed by atoms with van der Waals surface area (Å²) in [4.78, 5) is 0. The summed E-state index contributed by atoms with van der Waals surface area (Å²) in [6, 6.07) is 0.859. The van der Waals surface area contributed by atoms with Crippen molar-refractivity contribution >= 4 is 15.9 Å². The molecule has 0 fully saturated rings. The molecule has 2 aromatic rings. The minimum Gasteiger partial charge on any atom is -0.429 e. The van der Waals surface area contributed by atoms with Crippen LogP contribution in [0.1, 0.15) is 25.0 Å². The number of benzene rings is 2. The summed E-state index contributed by atoms with van der Waals surface area (Å²) in [6.45, 7) is 4.00. The van der Waals surface area contributed by atoms with Crippen molar-refractivity contribution in [1.82, 2.24) is 0 Å². The topological polar surface area (TPSA) is 9.23 Å². The van der Waals surface area contributed by atoms with Crippen molar-refractivity contribution < 1.29 is 44.3 Å². The standard InChI is InChI=1S/C14H4BrF9O.C2H6/c15-7-2-1-6(11(18)12(7)19)14(23,24)25-5-3-8(16)10(9(17)4-5)13(20,21)22;1-2/h1-4H;1-2H3. The van der Waals surface area contributed by atoms with Crippen LogP contribution in [-0.4, -0.2) is 0 Å². The molecule has 0 atom stereocenters. The van der Waals surface area contributed by atoms with Crippen molar-refractivity contribution in [1.29, 1.82) is 0 Å². The predicted molar refractivity (Wildman–Crippen MR) is 81.3 cm³/mol. The van der Waals surface area contributed by atoms with Gasteiger partial charge in [0.05, 0.1) is 4.47 Å². The van der Waals surface area contributed by atoms with E-state index in [4.69, 9.17) is 0 Å². The molecule has 11 heteroatoms. The first-order valence-electron chi connectivity index (χ1n) is 7.11. The minimum absolute atomic E-state index is 0.146. The van der Waals surface area contributed by atoms with Gasteiger partial charge >= 0.3 is 12.3 Å². The molecular weight excluding hydrogens is 459 g/mol. The minimum atomic E-state index is -5.41. The van der Waals surface area contributed by atoms with Crippen LogP contribution in [-0.2, 0) is 12.3 Å². The number of hydrogen-bond donors (Lipinski definition) is 0. The summed E-state index contributed by atoms with van der Waals surface area (Å²) in [5, 5.41) is 0. The van der Waals surface area contributed by atoms with E-state index >= 15 is 0 Å². The Morgan fingerprint density at radius 1 is 0.815 bits per heavy atom. The summed E-state index contributed by atoms with van der Waals surface area (Å²) >= 11 is 2.55. The van der Waals surface area contributed by atoms with Crippen molar-refractivity contribution in [3.63, 3.8) is 0 Å². The van der Waals surface area contributed by atoms with Crippen LogP contribution in [0.15, 0.2) is 28.7 Å². The molecule has 0 spiro atoms. The molecule has 0 unspecified atom stereocenters. The fraction of sp³-hybridized carbons (Fsp3) is 0.250. The van der Waals surface area contributed by atoms with E-state index < -0.39 is 56.9 Å². The second-order valence-electron chi connectivity index (χ2n) is 4.60. The van der Waals surface area contributed by atoms with Gasteiger partial charge in [-0.3, -0.25) is 0 Å². The highest BCUT2D eigenvalue weighted by atomic mass is 79.9. The van der Waals surface area contributed by atoms with Crippen molar-refractivity contribution in [2.75, 3.05) is 0 Å². The molecule has 1 nitrogen and oxygen atoms in total. The summed E-state index contributed by atoms with van der Waals surface area (Å²) in [7, 11) is 0. The van der Waals surface area contributed by atoms with Gasteiger partial charge in [-0.05, 0) is 28.1 Å². The van der Waals surface area contributed by atoms with Crippen LogP contribution in [0.5, 0.6) is 5.75 Å². The van der Waals surface area contributed by atoms with Crippen LogP contribution in [0.25, 0.3) is 0 Å². The van der Waals surface area contributed by atoms with Crippen LogP contribution < -0.4 is 4.74 Å². The third-order valence-electron chi connectivity index (χ3n) is 2.89. The molecular formula is C16H10BrF9O. The summed E-state index contributed by atoms with van der Waals surface area (Å²) in [6.07, 6.45) is -10.0. The zero-order valence-electron chi connectivity index (χ0n) is 13.5. The second-order valence-corrected chi connectivity index (χ2v) is 5.46. The van der Waals surface area contributed by atoms with E-state index in [2.05, 4.69) is 20.7 Å². The first kappa shape index (κ1) is 23.1. The number of alkyl halides is 5. The first-order valence-corrected chi connectivity index (χ1v) is 7.91. The van der Waals surface area contributed by atoms with E-state index in [1.807, 2.05) is 13.8 Å². The van der Waals surface area contributed by atoms with E-state index in [1.165, 1.54) is 0 Å². The molecule has 0 bridgehead atoms. The van der Waals surface area contributed by atoms with Gasteiger partial charge < -0.3 is 4.74 Å². The van der Waals surface area contributed by atoms with Gasteiger partial charge in [0.2, 0.25) is 0 Å². The average molecular weight is 469 g/mol. The van der Waals surface area contributed by atoms with Crippen LogP contribution in [0, 0.1) is 23.3 Å². The lowest BCUT2D eigenvalue weighted by atomic mass is 10.1. The molecule has 0 aromatic heterocycles. The van der Waals surface area contributed by atoms with E-state index in [0.29, 0.717) is 6.07 Å². The maximum atomic E-state index is 13.9.